The van der Waals surface area contributed by atoms with E-state index in [4.69, 9.17) is 4.74 Å². The average Bonchev–Trinajstić information content (AvgIpc) is 2.99. The summed E-state index contributed by atoms with van der Waals surface area (Å²) in [6.07, 6.45) is 3.86. The summed E-state index contributed by atoms with van der Waals surface area (Å²) in [5.74, 6) is 0.734. The number of nitrogens with one attached hydrogen (secondary N) is 1. The Labute approximate surface area is 140 Å². The predicted octanol–water partition coefficient (Wildman–Crippen LogP) is 2.29. The molecular weight excluding hydrogens is 304 g/mol. The van der Waals surface area contributed by atoms with Gasteiger partial charge in [-0.3, -0.25) is 14.4 Å². The topological polar surface area (TPSA) is 63.1 Å². The van der Waals surface area contributed by atoms with Gasteiger partial charge in [0, 0.05) is 43.5 Å². The maximum absolute atomic E-state index is 12.4. The summed E-state index contributed by atoms with van der Waals surface area (Å²) >= 11 is 0. The molecule has 0 unspecified atom stereocenters. The Bertz CT molecular complexity index is 897. The van der Waals surface area contributed by atoms with Crippen molar-refractivity contribution in [3.05, 3.63) is 58.1 Å². The van der Waals surface area contributed by atoms with Gasteiger partial charge in [0.05, 0.1) is 18.8 Å². The maximum Gasteiger partial charge on any atom is 0.252 e. The fourth-order valence-electron chi connectivity index (χ4n) is 2.80. The minimum absolute atomic E-state index is 0.0552. The lowest BCUT2D eigenvalue weighted by molar-refractivity contribution is 0.270. The average molecular weight is 326 g/mol. The van der Waals surface area contributed by atoms with E-state index >= 15 is 0 Å². The lowest BCUT2D eigenvalue weighted by Gasteiger charge is -2.19. The first-order valence-electron chi connectivity index (χ1n) is 7.99. The quantitative estimate of drug-likeness (QED) is 0.755. The van der Waals surface area contributed by atoms with Crippen molar-refractivity contribution >= 4 is 10.9 Å². The smallest absolute Gasteiger partial charge is 0.252 e. The molecule has 0 saturated heterocycles. The summed E-state index contributed by atoms with van der Waals surface area (Å²) in [6, 6.07) is 7.66. The summed E-state index contributed by atoms with van der Waals surface area (Å²) in [4.78, 5) is 17.6. The third-order valence-electron chi connectivity index (χ3n) is 4.14. The molecule has 6 nitrogen and oxygen atoms in total. The van der Waals surface area contributed by atoms with Gasteiger partial charge in [-0.25, -0.2) is 0 Å². The molecule has 0 radical (unpaired) electrons. The second-order valence-electron chi connectivity index (χ2n) is 5.90. The van der Waals surface area contributed by atoms with E-state index in [1.165, 1.54) is 0 Å². The van der Waals surface area contributed by atoms with Crippen LogP contribution in [0, 0.1) is 0 Å². The second-order valence-corrected chi connectivity index (χ2v) is 5.90. The van der Waals surface area contributed by atoms with Crippen molar-refractivity contribution in [3.8, 4) is 5.75 Å². The van der Waals surface area contributed by atoms with Crippen molar-refractivity contribution in [2.24, 2.45) is 7.05 Å². The molecule has 0 fully saturated rings. The molecule has 0 bridgehead atoms. The number of ether oxygens (including phenoxy) is 1. The maximum atomic E-state index is 12.4. The van der Waals surface area contributed by atoms with Gasteiger partial charge >= 0.3 is 0 Å². The molecule has 126 valence electrons. The largest absolute Gasteiger partial charge is 0.497 e. The van der Waals surface area contributed by atoms with Gasteiger partial charge in [0.25, 0.3) is 5.56 Å². The summed E-state index contributed by atoms with van der Waals surface area (Å²) in [7, 11) is 3.52. The van der Waals surface area contributed by atoms with Gasteiger partial charge in [0.15, 0.2) is 0 Å². The number of aromatic amines is 1. The van der Waals surface area contributed by atoms with Gasteiger partial charge in [0.2, 0.25) is 0 Å². The normalized spacial score (nSPS) is 11.3. The summed E-state index contributed by atoms with van der Waals surface area (Å²) in [5.41, 5.74) is 2.64. The molecule has 6 heteroatoms. The molecule has 2 aromatic heterocycles. The van der Waals surface area contributed by atoms with Gasteiger partial charge in [0.1, 0.15) is 5.75 Å². The van der Waals surface area contributed by atoms with Gasteiger partial charge in [-0.05, 0) is 30.1 Å². The molecule has 2 heterocycles. The van der Waals surface area contributed by atoms with Crippen LogP contribution < -0.4 is 10.3 Å². The van der Waals surface area contributed by atoms with Crippen LogP contribution in [0.15, 0.2) is 41.5 Å². The van der Waals surface area contributed by atoms with Crippen LogP contribution >= 0.6 is 0 Å². The van der Waals surface area contributed by atoms with Crippen LogP contribution in [0.4, 0.5) is 0 Å². The van der Waals surface area contributed by atoms with Gasteiger partial charge in [-0.2, -0.15) is 5.10 Å². The highest BCUT2D eigenvalue weighted by atomic mass is 16.5. The number of nitrogens with zero attached hydrogens (tertiary/aromatic N) is 3. The monoisotopic (exact) mass is 326 g/mol. The Morgan fingerprint density at radius 2 is 2.12 bits per heavy atom. The number of rotatable bonds is 6. The fourth-order valence-corrected chi connectivity index (χ4v) is 2.80. The number of hydrogen-bond acceptors (Lipinski definition) is 4. The molecular formula is C18H22N4O2. The van der Waals surface area contributed by atoms with E-state index in [0.29, 0.717) is 6.54 Å². The third kappa shape index (κ3) is 3.49. The van der Waals surface area contributed by atoms with Crippen molar-refractivity contribution in [1.29, 1.82) is 0 Å². The van der Waals surface area contributed by atoms with Gasteiger partial charge in [-0.15, -0.1) is 0 Å². The van der Waals surface area contributed by atoms with Crippen molar-refractivity contribution in [1.82, 2.24) is 19.7 Å². The molecule has 24 heavy (non-hydrogen) atoms. The van der Waals surface area contributed by atoms with E-state index < -0.39 is 0 Å². The van der Waals surface area contributed by atoms with Crippen LogP contribution in [0.3, 0.4) is 0 Å². The number of methoxy groups -OCH3 is 1. The van der Waals surface area contributed by atoms with Crippen molar-refractivity contribution in [3.63, 3.8) is 0 Å². The Morgan fingerprint density at radius 1 is 1.29 bits per heavy atom. The first kappa shape index (κ1) is 16.3. The minimum atomic E-state index is -0.0552. The van der Waals surface area contributed by atoms with Crippen LogP contribution in [-0.2, 0) is 20.1 Å². The molecule has 0 saturated carbocycles. The molecule has 0 amide bonds. The molecule has 0 aliphatic carbocycles. The molecule has 3 rings (SSSR count). The van der Waals surface area contributed by atoms with Crippen LogP contribution in [-0.4, -0.2) is 33.3 Å². The van der Waals surface area contributed by atoms with Gasteiger partial charge < -0.3 is 9.72 Å². The highest BCUT2D eigenvalue weighted by Gasteiger charge is 2.10. The molecule has 1 N–H and O–H groups in total. The standard InChI is InChI=1S/C18H22N4O2/c1-4-22(11-13-9-19-21(2)10-13)12-15-7-14-5-6-16(24-3)8-17(14)20-18(15)23/h5-10H,4,11-12H2,1-3H3,(H,20,23). The Balaban J connectivity index is 1.85. The molecule has 0 spiro atoms. The van der Waals surface area contributed by atoms with E-state index in [-0.39, 0.29) is 5.56 Å². The first-order chi connectivity index (χ1) is 11.6. The Kier molecular flexibility index (Phi) is 4.66. The number of aromatic nitrogens is 3. The van der Waals surface area contributed by atoms with Crippen molar-refractivity contribution in [2.75, 3.05) is 13.7 Å². The number of aryl methyl sites for hydroxylation is 1. The third-order valence-corrected chi connectivity index (χ3v) is 4.14. The van der Waals surface area contributed by atoms with E-state index in [1.807, 2.05) is 43.7 Å². The summed E-state index contributed by atoms with van der Waals surface area (Å²) in [5, 5.41) is 5.20. The number of fused-ring (bicyclic) bond motifs is 1. The summed E-state index contributed by atoms with van der Waals surface area (Å²) < 4.78 is 7.00. The van der Waals surface area contributed by atoms with Crippen LogP contribution in [0.5, 0.6) is 5.75 Å². The highest BCUT2D eigenvalue weighted by molar-refractivity contribution is 5.80. The van der Waals surface area contributed by atoms with Gasteiger partial charge in [-0.1, -0.05) is 6.92 Å². The molecule has 0 aliphatic rings. The zero-order valence-corrected chi connectivity index (χ0v) is 14.2. The summed E-state index contributed by atoms with van der Waals surface area (Å²) in [6.45, 7) is 4.32. The Morgan fingerprint density at radius 3 is 2.79 bits per heavy atom. The zero-order chi connectivity index (χ0) is 17.1. The SMILES string of the molecule is CCN(Cc1cnn(C)c1)Cc1cc2ccc(OC)cc2[nH]c1=O. The minimum Gasteiger partial charge on any atom is -0.497 e. The van der Waals surface area contributed by atoms with E-state index in [0.717, 1.165) is 40.9 Å². The van der Waals surface area contributed by atoms with E-state index in [2.05, 4.69) is 21.9 Å². The lowest BCUT2D eigenvalue weighted by atomic mass is 10.1. The Hall–Kier alpha value is -2.60. The zero-order valence-electron chi connectivity index (χ0n) is 14.2. The van der Waals surface area contributed by atoms with Crippen LogP contribution in [0.1, 0.15) is 18.1 Å². The van der Waals surface area contributed by atoms with E-state index in [9.17, 15) is 4.79 Å². The molecule has 0 atom stereocenters. The van der Waals surface area contributed by atoms with Crippen molar-refractivity contribution < 1.29 is 4.74 Å². The van der Waals surface area contributed by atoms with Crippen LogP contribution in [0.2, 0.25) is 0 Å². The predicted molar refractivity (Wildman–Crippen MR) is 94.1 cm³/mol. The highest BCUT2D eigenvalue weighted by Crippen LogP contribution is 2.19. The number of benzene rings is 1. The van der Waals surface area contributed by atoms with Crippen molar-refractivity contribution in [2.45, 2.75) is 20.0 Å². The lowest BCUT2D eigenvalue weighted by Crippen LogP contribution is -2.26. The second kappa shape index (κ2) is 6.88. The number of pyridine rings is 1. The van der Waals surface area contributed by atoms with E-state index in [1.54, 1.807) is 11.8 Å². The van der Waals surface area contributed by atoms with Crippen LogP contribution in [0.25, 0.3) is 10.9 Å². The number of H-pyrrole nitrogens is 1. The first-order valence-corrected chi connectivity index (χ1v) is 7.99. The number of hydrogen-bond donors (Lipinski definition) is 1. The molecule has 3 aromatic rings. The molecule has 0 aliphatic heterocycles. The molecule has 1 aromatic carbocycles. The fraction of sp³-hybridized carbons (Fsp3) is 0.333.